The Kier molecular flexibility index (Phi) is 4.08. The van der Waals surface area contributed by atoms with Gasteiger partial charge in [0.2, 0.25) is 0 Å². The fourth-order valence-corrected chi connectivity index (χ4v) is 5.93. The summed E-state index contributed by atoms with van der Waals surface area (Å²) in [4.78, 5) is 13.0. The quantitative estimate of drug-likeness (QED) is 0.591. The highest BCUT2D eigenvalue weighted by Gasteiger charge is 2.62. The lowest BCUT2D eigenvalue weighted by Gasteiger charge is -2.36. The number of esters is 1. The molecule has 0 spiro atoms. The van der Waals surface area contributed by atoms with Gasteiger partial charge in [0.1, 0.15) is 0 Å². The Bertz CT molecular complexity index is 995. The molecule has 0 bridgehead atoms. The molecule has 0 saturated heterocycles. The summed E-state index contributed by atoms with van der Waals surface area (Å²) in [5, 5.41) is 0. The van der Waals surface area contributed by atoms with E-state index in [4.69, 9.17) is 4.74 Å². The highest BCUT2D eigenvalue weighted by Crippen LogP contribution is 2.66. The topological polar surface area (TPSA) is 26.3 Å². The van der Waals surface area contributed by atoms with E-state index in [1.54, 1.807) is 0 Å². The maximum Gasteiger partial charge on any atom is 0.309 e. The molecule has 0 heterocycles. The predicted molar refractivity (Wildman–Crippen MR) is 110 cm³/mol. The molecular formula is C26H24O2. The normalized spacial score (nSPS) is 27.8. The lowest BCUT2D eigenvalue weighted by atomic mass is 9.66. The first-order valence-electron chi connectivity index (χ1n) is 10.0. The van der Waals surface area contributed by atoms with E-state index in [9.17, 15) is 4.79 Å². The van der Waals surface area contributed by atoms with Gasteiger partial charge in [-0.1, -0.05) is 84.9 Å². The summed E-state index contributed by atoms with van der Waals surface area (Å²) in [5.74, 6) is 0.342. The molecule has 2 nitrogen and oxygen atoms in total. The summed E-state index contributed by atoms with van der Waals surface area (Å²) in [6, 6.07) is 30.1. The van der Waals surface area contributed by atoms with Crippen LogP contribution in [0.15, 0.2) is 84.9 Å². The number of ether oxygens (including phenoxy) is 1. The second-order valence-electron chi connectivity index (χ2n) is 8.09. The third-order valence-electron chi connectivity index (χ3n) is 6.97. The number of rotatable bonds is 3. The van der Waals surface area contributed by atoms with Crippen LogP contribution in [0.25, 0.3) is 0 Å². The van der Waals surface area contributed by atoms with E-state index in [1.165, 1.54) is 29.4 Å². The van der Waals surface area contributed by atoms with Crippen LogP contribution in [0.1, 0.15) is 40.5 Å². The number of fused-ring (bicyclic) bond motifs is 3. The zero-order chi connectivity index (χ0) is 19.1. The zero-order valence-corrected chi connectivity index (χ0v) is 16.0. The summed E-state index contributed by atoms with van der Waals surface area (Å²) < 4.78 is 5.33. The van der Waals surface area contributed by atoms with Crippen molar-refractivity contribution < 1.29 is 9.53 Å². The first-order valence-corrected chi connectivity index (χ1v) is 10.0. The summed E-state index contributed by atoms with van der Waals surface area (Å²) in [6.07, 6.45) is 1.71. The van der Waals surface area contributed by atoms with Crippen molar-refractivity contribution in [3.63, 3.8) is 0 Å². The maximum atomic E-state index is 13.0. The Balaban J connectivity index is 1.76. The average Bonchev–Trinajstić information content (AvgIpc) is 3.28. The first-order chi connectivity index (χ1) is 13.8. The minimum atomic E-state index is -0.251. The number of carbonyl (C=O) groups is 1. The van der Waals surface area contributed by atoms with Crippen molar-refractivity contribution in [1.82, 2.24) is 0 Å². The highest BCUT2D eigenvalue weighted by atomic mass is 16.5. The van der Waals surface area contributed by atoms with Crippen LogP contribution in [-0.2, 0) is 21.4 Å². The fraction of sp³-hybridized carbons (Fsp3) is 0.269. The van der Waals surface area contributed by atoms with Gasteiger partial charge < -0.3 is 4.74 Å². The predicted octanol–water partition coefficient (Wildman–Crippen LogP) is 5.24. The molecule has 0 unspecified atom stereocenters. The molecule has 4 atom stereocenters. The van der Waals surface area contributed by atoms with Gasteiger partial charge in [0.25, 0.3) is 0 Å². The van der Waals surface area contributed by atoms with Crippen LogP contribution in [0.5, 0.6) is 0 Å². The Hall–Kier alpha value is -2.87. The van der Waals surface area contributed by atoms with Crippen molar-refractivity contribution in [3.8, 4) is 0 Å². The largest absolute Gasteiger partial charge is 0.469 e. The minimum absolute atomic E-state index is 0.0832. The van der Waals surface area contributed by atoms with Gasteiger partial charge in [-0.15, -0.1) is 0 Å². The van der Waals surface area contributed by atoms with Crippen LogP contribution < -0.4 is 0 Å². The molecule has 1 saturated carbocycles. The molecule has 2 aliphatic carbocycles. The molecular weight excluding hydrogens is 344 g/mol. The van der Waals surface area contributed by atoms with E-state index in [1.807, 2.05) is 6.07 Å². The van der Waals surface area contributed by atoms with Crippen molar-refractivity contribution in [1.29, 1.82) is 0 Å². The molecule has 0 radical (unpaired) electrons. The molecule has 28 heavy (non-hydrogen) atoms. The van der Waals surface area contributed by atoms with Crippen LogP contribution in [0.4, 0.5) is 0 Å². The number of hydrogen-bond donors (Lipinski definition) is 0. The van der Waals surface area contributed by atoms with E-state index in [0.717, 1.165) is 12.8 Å². The van der Waals surface area contributed by atoms with Gasteiger partial charge in [-0.05, 0) is 41.0 Å². The van der Waals surface area contributed by atoms with Crippen molar-refractivity contribution in [2.24, 2.45) is 5.92 Å². The monoisotopic (exact) mass is 368 g/mol. The molecule has 0 aliphatic heterocycles. The van der Waals surface area contributed by atoms with E-state index in [0.29, 0.717) is 5.92 Å². The third-order valence-corrected chi connectivity index (χ3v) is 6.97. The Morgan fingerprint density at radius 2 is 1.54 bits per heavy atom. The molecule has 140 valence electrons. The van der Waals surface area contributed by atoms with Crippen LogP contribution in [-0.4, -0.2) is 13.1 Å². The van der Waals surface area contributed by atoms with E-state index < -0.39 is 0 Å². The van der Waals surface area contributed by atoms with Crippen molar-refractivity contribution in [2.75, 3.05) is 7.11 Å². The molecule has 0 amide bonds. The average molecular weight is 368 g/mol. The molecule has 0 N–H and O–H groups in total. The van der Waals surface area contributed by atoms with Gasteiger partial charge in [-0.3, -0.25) is 4.79 Å². The van der Waals surface area contributed by atoms with E-state index in [2.05, 4.69) is 78.9 Å². The molecule has 1 fully saturated rings. The smallest absolute Gasteiger partial charge is 0.309 e. The van der Waals surface area contributed by atoms with Crippen LogP contribution in [0, 0.1) is 5.92 Å². The number of methoxy groups -OCH3 is 1. The number of benzene rings is 3. The minimum Gasteiger partial charge on any atom is -0.469 e. The molecule has 3 aromatic carbocycles. The third kappa shape index (κ3) is 2.37. The van der Waals surface area contributed by atoms with Gasteiger partial charge in [0.15, 0.2) is 0 Å². The molecule has 2 heteroatoms. The summed E-state index contributed by atoms with van der Waals surface area (Å²) in [5.41, 5.74) is 5.08. The summed E-state index contributed by atoms with van der Waals surface area (Å²) in [7, 11) is 1.52. The van der Waals surface area contributed by atoms with Gasteiger partial charge in [-0.25, -0.2) is 0 Å². The fourth-order valence-electron chi connectivity index (χ4n) is 5.93. The lowest BCUT2D eigenvalue weighted by molar-refractivity contribution is -0.147. The number of carbonyl (C=O) groups excluding carboxylic acids is 1. The molecule has 2 aliphatic rings. The van der Waals surface area contributed by atoms with Gasteiger partial charge in [-0.2, -0.15) is 0 Å². The molecule has 3 aromatic rings. The van der Waals surface area contributed by atoms with Crippen LogP contribution in [0.2, 0.25) is 0 Å². The van der Waals surface area contributed by atoms with Gasteiger partial charge in [0.05, 0.1) is 13.0 Å². The second kappa shape index (κ2) is 6.63. The SMILES string of the molecule is COC(=O)[C@H]1C[C@@H](c2ccccc2)[C@@H]2c3ccccc3C[C@]12c1ccccc1. The maximum absolute atomic E-state index is 13.0. The van der Waals surface area contributed by atoms with Crippen molar-refractivity contribution in [2.45, 2.75) is 30.1 Å². The molecule has 5 rings (SSSR count). The second-order valence-corrected chi connectivity index (χ2v) is 8.09. The van der Waals surface area contributed by atoms with Crippen molar-refractivity contribution in [3.05, 3.63) is 107 Å². The Morgan fingerprint density at radius 1 is 0.893 bits per heavy atom. The molecule has 0 aromatic heterocycles. The highest BCUT2D eigenvalue weighted by molar-refractivity contribution is 5.77. The summed E-state index contributed by atoms with van der Waals surface area (Å²) in [6.45, 7) is 0. The van der Waals surface area contributed by atoms with Crippen LogP contribution in [0.3, 0.4) is 0 Å². The van der Waals surface area contributed by atoms with Crippen LogP contribution >= 0.6 is 0 Å². The first kappa shape index (κ1) is 17.2. The zero-order valence-electron chi connectivity index (χ0n) is 16.0. The standard InChI is InChI=1S/C26H24O2/c1-28-25(27)23-16-22(18-10-4-2-5-11-18)24-21-15-9-8-12-19(21)17-26(23,24)20-13-6-3-7-14-20/h2-15,22-24H,16-17H2,1H3/t22-,23+,24-,26-/m0/s1. The summed E-state index contributed by atoms with van der Waals surface area (Å²) >= 11 is 0. The van der Waals surface area contributed by atoms with E-state index in [-0.39, 0.29) is 23.2 Å². The van der Waals surface area contributed by atoms with E-state index >= 15 is 0 Å². The Labute approximate surface area is 166 Å². The number of hydrogen-bond acceptors (Lipinski definition) is 2. The van der Waals surface area contributed by atoms with Crippen molar-refractivity contribution >= 4 is 5.97 Å². The van der Waals surface area contributed by atoms with Gasteiger partial charge >= 0.3 is 5.97 Å². The Morgan fingerprint density at radius 3 is 2.25 bits per heavy atom. The van der Waals surface area contributed by atoms with Gasteiger partial charge in [0, 0.05) is 11.3 Å². The lowest BCUT2D eigenvalue weighted by Crippen LogP contribution is -2.39.